The third kappa shape index (κ3) is 7.32. The summed E-state index contributed by atoms with van der Waals surface area (Å²) in [5, 5.41) is 2.72. The number of sulfonamides is 1. The van der Waals surface area contributed by atoms with Crippen LogP contribution in [-0.4, -0.2) is 43.7 Å². The van der Waals surface area contributed by atoms with Gasteiger partial charge in [-0.2, -0.15) is 0 Å². The maximum atomic E-state index is 13.7. The van der Waals surface area contributed by atoms with E-state index in [0.29, 0.717) is 11.3 Å². The normalized spacial score (nSPS) is 15.3. The van der Waals surface area contributed by atoms with E-state index >= 15 is 0 Å². The van der Waals surface area contributed by atoms with E-state index in [-0.39, 0.29) is 36.6 Å². The summed E-state index contributed by atoms with van der Waals surface area (Å²) in [5.41, 5.74) is 1.25. The van der Waals surface area contributed by atoms with Crippen molar-refractivity contribution in [2.24, 2.45) is 0 Å². The number of rotatable bonds is 7. The Bertz CT molecular complexity index is 1440. The van der Waals surface area contributed by atoms with Crippen molar-refractivity contribution in [3.05, 3.63) is 89.5 Å². The van der Waals surface area contributed by atoms with Crippen LogP contribution in [0.5, 0.6) is 0 Å². The highest BCUT2D eigenvalue weighted by Gasteiger charge is 2.35. The van der Waals surface area contributed by atoms with Gasteiger partial charge in [0.25, 0.3) is 10.0 Å². The third-order valence-electron chi connectivity index (χ3n) is 5.81. The number of pyridine rings is 1. The van der Waals surface area contributed by atoms with Crippen LogP contribution in [0.1, 0.15) is 37.6 Å². The molecule has 1 amide bonds. The average Bonchev–Trinajstić information content (AvgIpc) is 2.87. The number of amides is 1. The zero-order valence-electron chi connectivity index (χ0n) is 21.9. The highest BCUT2D eigenvalue weighted by atomic mass is 32.2. The lowest BCUT2D eigenvalue weighted by atomic mass is 10.0. The maximum absolute atomic E-state index is 13.7. The molecule has 206 valence electrons. The molecule has 0 radical (unpaired) electrons. The van der Waals surface area contributed by atoms with E-state index in [1.165, 1.54) is 18.3 Å². The summed E-state index contributed by atoms with van der Waals surface area (Å²) in [6.07, 6.45) is 0.925. The number of nitrogens with zero attached hydrogens (tertiary/aromatic N) is 2. The second-order valence-corrected chi connectivity index (χ2v) is 12.0. The molecule has 2 heterocycles. The summed E-state index contributed by atoms with van der Waals surface area (Å²) >= 11 is 0. The van der Waals surface area contributed by atoms with Crippen LogP contribution in [0.2, 0.25) is 0 Å². The SMILES string of the molecule is CC(C)(C)OC(=O)NC1Cc2ncc(CC(=O)OCc3ccccc3)cc2N(S(=O)(=O)c2ccc(F)cc2)C1. The largest absolute Gasteiger partial charge is 0.461 e. The zero-order valence-corrected chi connectivity index (χ0v) is 22.7. The van der Waals surface area contributed by atoms with Gasteiger partial charge < -0.3 is 14.8 Å². The predicted molar refractivity (Wildman–Crippen MR) is 142 cm³/mol. The van der Waals surface area contributed by atoms with Crippen molar-refractivity contribution >= 4 is 27.8 Å². The van der Waals surface area contributed by atoms with Crippen LogP contribution in [0, 0.1) is 5.82 Å². The Morgan fingerprint density at radius 1 is 1.08 bits per heavy atom. The van der Waals surface area contributed by atoms with Gasteiger partial charge in [-0.05, 0) is 62.2 Å². The van der Waals surface area contributed by atoms with Gasteiger partial charge in [0.05, 0.1) is 35.3 Å². The van der Waals surface area contributed by atoms with Crippen molar-refractivity contribution < 1.29 is 31.9 Å². The van der Waals surface area contributed by atoms with Crippen molar-refractivity contribution in [3.8, 4) is 0 Å². The van der Waals surface area contributed by atoms with E-state index in [0.717, 1.165) is 22.0 Å². The fourth-order valence-electron chi connectivity index (χ4n) is 4.08. The Morgan fingerprint density at radius 3 is 2.44 bits per heavy atom. The highest BCUT2D eigenvalue weighted by Crippen LogP contribution is 2.32. The van der Waals surface area contributed by atoms with Gasteiger partial charge in [0.1, 0.15) is 18.0 Å². The van der Waals surface area contributed by atoms with Gasteiger partial charge in [0.15, 0.2) is 0 Å². The monoisotopic (exact) mass is 555 g/mol. The molecule has 2 aromatic carbocycles. The molecule has 1 aliphatic heterocycles. The van der Waals surface area contributed by atoms with Crippen LogP contribution >= 0.6 is 0 Å². The fourth-order valence-corrected chi connectivity index (χ4v) is 5.61. The van der Waals surface area contributed by atoms with Crippen molar-refractivity contribution in [1.82, 2.24) is 10.3 Å². The Hall–Kier alpha value is -3.99. The number of fused-ring (bicyclic) bond motifs is 1. The van der Waals surface area contributed by atoms with Crippen LogP contribution in [0.3, 0.4) is 0 Å². The smallest absolute Gasteiger partial charge is 0.407 e. The number of alkyl carbamates (subject to hydrolysis) is 1. The minimum atomic E-state index is -4.17. The molecule has 1 atom stereocenters. The molecule has 1 aliphatic rings. The molecule has 4 rings (SSSR count). The van der Waals surface area contributed by atoms with Crippen molar-refractivity contribution in [1.29, 1.82) is 0 Å². The molecule has 11 heteroatoms. The number of hydrogen-bond acceptors (Lipinski definition) is 7. The first-order chi connectivity index (χ1) is 18.4. The Labute approximate surface area is 227 Å². The average molecular weight is 556 g/mol. The number of hydrogen-bond donors (Lipinski definition) is 1. The molecule has 0 saturated heterocycles. The van der Waals surface area contributed by atoms with Gasteiger partial charge in [-0.15, -0.1) is 0 Å². The van der Waals surface area contributed by atoms with Gasteiger partial charge in [-0.1, -0.05) is 30.3 Å². The summed E-state index contributed by atoms with van der Waals surface area (Å²) < 4.78 is 52.6. The molecule has 0 bridgehead atoms. The molecule has 3 aromatic rings. The molecule has 1 unspecified atom stereocenters. The molecule has 0 fully saturated rings. The molecule has 0 aliphatic carbocycles. The predicted octanol–water partition coefficient (Wildman–Crippen LogP) is 4.15. The summed E-state index contributed by atoms with van der Waals surface area (Å²) in [7, 11) is -4.17. The number of aromatic nitrogens is 1. The number of esters is 1. The lowest BCUT2D eigenvalue weighted by Crippen LogP contribution is -2.51. The minimum absolute atomic E-state index is 0.112. The minimum Gasteiger partial charge on any atom is -0.461 e. The lowest BCUT2D eigenvalue weighted by Gasteiger charge is -2.35. The van der Waals surface area contributed by atoms with Gasteiger partial charge in [-0.3, -0.25) is 14.1 Å². The Balaban J connectivity index is 1.59. The molecule has 9 nitrogen and oxygen atoms in total. The maximum Gasteiger partial charge on any atom is 0.407 e. The number of anilines is 1. The van der Waals surface area contributed by atoms with E-state index in [2.05, 4.69) is 10.3 Å². The van der Waals surface area contributed by atoms with E-state index in [1.54, 1.807) is 26.8 Å². The number of halogens is 1. The van der Waals surface area contributed by atoms with Crippen LogP contribution in [-0.2, 0) is 43.7 Å². The zero-order chi connectivity index (χ0) is 28.2. The van der Waals surface area contributed by atoms with E-state index in [4.69, 9.17) is 9.47 Å². The Kier molecular flexibility index (Phi) is 8.19. The number of benzene rings is 2. The second-order valence-electron chi connectivity index (χ2n) is 10.2. The van der Waals surface area contributed by atoms with Crippen LogP contribution < -0.4 is 9.62 Å². The number of nitrogens with one attached hydrogen (secondary N) is 1. The molecule has 0 spiro atoms. The van der Waals surface area contributed by atoms with Crippen molar-refractivity contribution in [2.75, 3.05) is 10.8 Å². The van der Waals surface area contributed by atoms with Gasteiger partial charge in [0, 0.05) is 12.6 Å². The third-order valence-corrected chi connectivity index (χ3v) is 7.61. The topological polar surface area (TPSA) is 115 Å². The summed E-state index contributed by atoms with van der Waals surface area (Å²) in [4.78, 5) is 29.2. The summed E-state index contributed by atoms with van der Waals surface area (Å²) in [5.74, 6) is -1.07. The molecular weight excluding hydrogens is 525 g/mol. The van der Waals surface area contributed by atoms with Crippen LogP contribution in [0.4, 0.5) is 14.9 Å². The number of carbonyl (C=O) groups is 2. The molecule has 1 N–H and O–H groups in total. The summed E-state index contributed by atoms with van der Waals surface area (Å²) in [6, 6.07) is 14.6. The molecular formula is C28H30FN3O6S. The van der Waals surface area contributed by atoms with Gasteiger partial charge in [-0.25, -0.2) is 17.6 Å². The highest BCUT2D eigenvalue weighted by molar-refractivity contribution is 7.92. The molecule has 1 aromatic heterocycles. The van der Waals surface area contributed by atoms with E-state index in [1.807, 2.05) is 30.3 Å². The first-order valence-corrected chi connectivity index (χ1v) is 13.8. The fraction of sp³-hybridized carbons (Fsp3) is 0.321. The van der Waals surface area contributed by atoms with Crippen LogP contribution in [0.15, 0.2) is 71.8 Å². The van der Waals surface area contributed by atoms with Gasteiger partial charge >= 0.3 is 12.1 Å². The lowest BCUT2D eigenvalue weighted by molar-refractivity contribution is -0.144. The molecule has 0 saturated carbocycles. The summed E-state index contributed by atoms with van der Waals surface area (Å²) in [6.45, 7) is 5.17. The standard InChI is InChI=1S/C28H30FN3O6S/c1-28(2,3)38-27(34)31-22-15-24-25(32(17-22)39(35,36)23-11-9-21(29)10-12-23)13-20(16-30-24)14-26(33)37-18-19-7-5-4-6-8-19/h4-13,16,22H,14-15,17-18H2,1-3H3,(H,31,34). The number of ether oxygens (including phenoxy) is 2. The second kappa shape index (κ2) is 11.4. The van der Waals surface area contributed by atoms with Crippen molar-refractivity contribution in [3.63, 3.8) is 0 Å². The molecule has 39 heavy (non-hydrogen) atoms. The van der Waals surface area contributed by atoms with Crippen molar-refractivity contribution in [2.45, 2.75) is 56.8 Å². The van der Waals surface area contributed by atoms with E-state index in [9.17, 15) is 22.4 Å². The quantitative estimate of drug-likeness (QED) is 0.436. The van der Waals surface area contributed by atoms with Crippen LogP contribution in [0.25, 0.3) is 0 Å². The Morgan fingerprint density at radius 2 is 1.77 bits per heavy atom. The first kappa shape index (κ1) is 28.0. The van der Waals surface area contributed by atoms with Gasteiger partial charge in [0.2, 0.25) is 0 Å². The first-order valence-electron chi connectivity index (χ1n) is 12.4. The van der Waals surface area contributed by atoms with E-state index < -0.39 is 39.5 Å². The number of carbonyl (C=O) groups excluding carboxylic acids is 2.